The van der Waals surface area contributed by atoms with E-state index in [4.69, 9.17) is 0 Å². The van der Waals surface area contributed by atoms with Crippen LogP contribution in [-0.4, -0.2) is 0 Å². The van der Waals surface area contributed by atoms with E-state index < -0.39 is 0 Å². The first-order valence-electron chi connectivity index (χ1n) is 9.16. The second-order valence-corrected chi connectivity index (χ2v) is 4.47. The second kappa shape index (κ2) is 64.2. The Hall–Kier alpha value is 0. The molecular formula is C19H48. The maximum absolute atomic E-state index is 2.18. The zero-order chi connectivity index (χ0) is 16.4. The molecule has 0 aliphatic heterocycles. The van der Waals surface area contributed by atoms with Crippen LogP contribution in [0.4, 0.5) is 0 Å². The fourth-order valence-electron chi connectivity index (χ4n) is 0. The molecule has 1 fully saturated rings. The number of hydrogen-bond donors (Lipinski definition) is 0. The summed E-state index contributed by atoms with van der Waals surface area (Å²) in [6, 6.07) is 0. The van der Waals surface area contributed by atoms with Crippen LogP contribution in [0.1, 0.15) is 127 Å². The zero-order valence-corrected chi connectivity index (χ0v) is 16.4. The first-order valence-corrected chi connectivity index (χ1v) is 9.16. The van der Waals surface area contributed by atoms with Gasteiger partial charge in [0.15, 0.2) is 0 Å². The van der Waals surface area contributed by atoms with Gasteiger partial charge in [0, 0.05) is 0 Å². The summed E-state index contributed by atoms with van der Waals surface area (Å²) in [5.74, 6) is 0. The summed E-state index contributed by atoms with van der Waals surface area (Å²) in [7, 11) is 0. The molecule has 0 spiro atoms. The van der Waals surface area contributed by atoms with E-state index in [1.807, 2.05) is 13.8 Å². The zero-order valence-electron chi connectivity index (χ0n) is 16.4. The molecule has 1 rings (SSSR count). The minimum atomic E-state index is 1.25. The van der Waals surface area contributed by atoms with Crippen molar-refractivity contribution in [3.05, 3.63) is 0 Å². The molecule has 0 saturated heterocycles. The van der Waals surface area contributed by atoms with Crippen LogP contribution in [0, 0.1) is 0 Å². The summed E-state index contributed by atoms with van der Waals surface area (Å²) < 4.78 is 0. The quantitative estimate of drug-likeness (QED) is 0.473. The van der Waals surface area contributed by atoms with Crippen molar-refractivity contribution in [2.45, 2.75) is 127 Å². The summed E-state index contributed by atoms with van der Waals surface area (Å²) in [5.41, 5.74) is 0. The molecule has 1 saturated carbocycles. The summed E-state index contributed by atoms with van der Waals surface area (Å²) >= 11 is 0. The number of unbranched alkanes of at least 4 members (excludes halogenated alkanes) is 2. The SMILES string of the molecule is C1CC1.CC.CCC.CCC.CCCC.CCCC. The second-order valence-electron chi connectivity index (χ2n) is 4.47. The first-order chi connectivity index (χ1) is 9.16. The van der Waals surface area contributed by atoms with Gasteiger partial charge in [0.25, 0.3) is 0 Å². The molecule has 0 atom stereocenters. The van der Waals surface area contributed by atoms with Crippen LogP contribution < -0.4 is 0 Å². The third-order valence-electron chi connectivity index (χ3n) is 1.35. The molecule has 0 heteroatoms. The Bertz CT molecular complexity index is 42.3. The molecule has 0 aromatic rings. The Labute approximate surface area is 127 Å². The van der Waals surface area contributed by atoms with Gasteiger partial charge in [-0.15, -0.1) is 0 Å². The van der Waals surface area contributed by atoms with Crippen LogP contribution in [0.15, 0.2) is 0 Å². The minimum absolute atomic E-state index is 1.25. The van der Waals surface area contributed by atoms with Gasteiger partial charge in [-0.3, -0.25) is 0 Å². The Morgan fingerprint density at radius 3 is 0.526 bits per heavy atom. The maximum atomic E-state index is 2.18. The lowest BCUT2D eigenvalue weighted by Crippen LogP contribution is -1.47. The van der Waals surface area contributed by atoms with E-state index in [1.54, 1.807) is 0 Å². The molecule has 0 radical (unpaired) electrons. The molecule has 0 aromatic heterocycles. The lowest BCUT2D eigenvalue weighted by Gasteiger charge is -1.68. The molecule has 1 aliphatic rings. The maximum Gasteiger partial charge on any atom is -0.0533 e. The third-order valence-corrected chi connectivity index (χ3v) is 1.35. The van der Waals surface area contributed by atoms with E-state index in [2.05, 4.69) is 55.4 Å². The highest BCUT2D eigenvalue weighted by Gasteiger charge is 1.95. The largest absolute Gasteiger partial charge is 0.0683 e. The van der Waals surface area contributed by atoms with Crippen LogP contribution >= 0.6 is 0 Å². The predicted molar refractivity (Wildman–Crippen MR) is 98.3 cm³/mol. The van der Waals surface area contributed by atoms with Crippen molar-refractivity contribution in [3.8, 4) is 0 Å². The van der Waals surface area contributed by atoms with Crippen molar-refractivity contribution in [2.24, 2.45) is 0 Å². The molecule has 0 unspecified atom stereocenters. The topological polar surface area (TPSA) is 0 Å². The lowest BCUT2D eigenvalue weighted by molar-refractivity contribution is 0.886. The Kier molecular flexibility index (Phi) is 106. The molecule has 19 heavy (non-hydrogen) atoms. The van der Waals surface area contributed by atoms with E-state index in [1.165, 1.54) is 57.8 Å². The van der Waals surface area contributed by atoms with Crippen molar-refractivity contribution in [3.63, 3.8) is 0 Å². The number of rotatable bonds is 2. The minimum Gasteiger partial charge on any atom is -0.0683 e. The summed E-state index contributed by atoms with van der Waals surface area (Å²) in [4.78, 5) is 0. The van der Waals surface area contributed by atoms with Crippen LogP contribution in [0.5, 0.6) is 0 Å². The molecule has 0 nitrogen and oxygen atoms in total. The lowest BCUT2D eigenvalue weighted by atomic mass is 10.4. The van der Waals surface area contributed by atoms with Crippen molar-refractivity contribution >= 4 is 0 Å². The Morgan fingerprint density at radius 2 is 0.526 bits per heavy atom. The molecule has 0 amide bonds. The number of hydrogen-bond acceptors (Lipinski definition) is 0. The van der Waals surface area contributed by atoms with E-state index in [9.17, 15) is 0 Å². The molecule has 0 heterocycles. The Morgan fingerprint density at radius 1 is 0.421 bits per heavy atom. The normalized spacial score (nSPS) is 9.16. The molecule has 0 aromatic carbocycles. The smallest absolute Gasteiger partial charge is 0.0533 e. The van der Waals surface area contributed by atoms with Gasteiger partial charge in [-0.05, 0) is 0 Å². The standard InChI is InChI=1S/2C4H10.C3H6.2C3H8.C2H6/c2*1-3-4-2;1-2-3-1;2*1-3-2;1-2/h2*3-4H2,1-2H3;1-3H2;2*3H2,1-2H3;1-2H3. The van der Waals surface area contributed by atoms with Crippen molar-refractivity contribution < 1.29 is 0 Å². The highest BCUT2D eigenvalue weighted by molar-refractivity contribution is 4.50. The van der Waals surface area contributed by atoms with Gasteiger partial charge in [-0.25, -0.2) is 0 Å². The van der Waals surface area contributed by atoms with Crippen LogP contribution in [-0.2, 0) is 0 Å². The highest BCUT2D eigenvalue weighted by atomic mass is 14.0. The molecular weight excluding hydrogens is 228 g/mol. The van der Waals surface area contributed by atoms with Gasteiger partial charge in [0.1, 0.15) is 0 Å². The average molecular weight is 277 g/mol. The van der Waals surface area contributed by atoms with Gasteiger partial charge in [-0.1, -0.05) is 127 Å². The summed E-state index contributed by atoms with van der Waals surface area (Å²) in [6.45, 7) is 21.2. The van der Waals surface area contributed by atoms with E-state index in [0.29, 0.717) is 0 Å². The van der Waals surface area contributed by atoms with Crippen molar-refractivity contribution in [1.82, 2.24) is 0 Å². The molecule has 0 bridgehead atoms. The molecule has 1 aliphatic carbocycles. The van der Waals surface area contributed by atoms with Crippen molar-refractivity contribution in [2.75, 3.05) is 0 Å². The van der Waals surface area contributed by atoms with Gasteiger partial charge in [0.05, 0.1) is 0 Å². The van der Waals surface area contributed by atoms with Crippen LogP contribution in [0.25, 0.3) is 0 Å². The third kappa shape index (κ3) is 512. The van der Waals surface area contributed by atoms with Gasteiger partial charge in [0.2, 0.25) is 0 Å². The van der Waals surface area contributed by atoms with E-state index in [0.717, 1.165) is 0 Å². The fraction of sp³-hybridized carbons (Fsp3) is 1.00. The first kappa shape index (κ1) is 31.4. The fourth-order valence-corrected chi connectivity index (χ4v) is 0. The average Bonchev–Trinajstić information content (AvgIpc) is 3.31. The van der Waals surface area contributed by atoms with Gasteiger partial charge in [-0.2, -0.15) is 0 Å². The van der Waals surface area contributed by atoms with Gasteiger partial charge < -0.3 is 0 Å². The Balaban J connectivity index is -0.0000000418. The highest BCUT2D eigenvalue weighted by Crippen LogP contribution is 2.14. The van der Waals surface area contributed by atoms with E-state index in [-0.39, 0.29) is 0 Å². The predicted octanol–water partition coefficient (Wildman–Crippen LogP) is 8.64. The summed E-state index contributed by atoms with van der Waals surface area (Å²) in [6.07, 6.45) is 12.3. The van der Waals surface area contributed by atoms with E-state index >= 15 is 0 Å². The molecule has 0 N–H and O–H groups in total. The van der Waals surface area contributed by atoms with Crippen LogP contribution in [0.2, 0.25) is 0 Å². The summed E-state index contributed by atoms with van der Waals surface area (Å²) in [5, 5.41) is 0. The van der Waals surface area contributed by atoms with Crippen molar-refractivity contribution in [1.29, 1.82) is 0 Å². The molecule has 124 valence electrons. The van der Waals surface area contributed by atoms with Gasteiger partial charge >= 0.3 is 0 Å². The monoisotopic (exact) mass is 276 g/mol. The van der Waals surface area contributed by atoms with Crippen LogP contribution in [0.3, 0.4) is 0 Å².